The van der Waals surface area contributed by atoms with E-state index in [9.17, 15) is 4.79 Å². The summed E-state index contributed by atoms with van der Waals surface area (Å²) in [7, 11) is 0. The Morgan fingerprint density at radius 2 is 1.75 bits per heavy atom. The number of benzene rings is 2. The van der Waals surface area contributed by atoms with Gasteiger partial charge in [0, 0.05) is 5.56 Å². The van der Waals surface area contributed by atoms with Crippen molar-refractivity contribution in [2.45, 2.75) is 0 Å². The monoisotopic (exact) mass is 211 g/mol. The molecule has 0 spiro atoms. The molecule has 1 aromatic heterocycles. The molecule has 16 heavy (non-hydrogen) atoms. The fourth-order valence-corrected chi connectivity index (χ4v) is 1.82. The molecule has 2 aromatic carbocycles. The van der Waals surface area contributed by atoms with Gasteiger partial charge in [0.2, 0.25) is 0 Å². The predicted molar refractivity (Wildman–Crippen MR) is 62.3 cm³/mol. The van der Waals surface area contributed by atoms with Gasteiger partial charge >= 0.3 is 5.76 Å². The topological polar surface area (TPSA) is 46.0 Å². The molecule has 0 aliphatic rings. The number of rotatable bonds is 1. The number of hydrogen-bond acceptors (Lipinski definition) is 2. The van der Waals surface area contributed by atoms with Crippen LogP contribution >= 0.6 is 0 Å². The van der Waals surface area contributed by atoms with Crippen LogP contribution in [0.25, 0.3) is 22.2 Å². The molecule has 0 saturated carbocycles. The van der Waals surface area contributed by atoms with Gasteiger partial charge in [-0.2, -0.15) is 0 Å². The van der Waals surface area contributed by atoms with E-state index < -0.39 is 5.76 Å². The second-order valence-electron chi connectivity index (χ2n) is 3.56. The zero-order valence-electron chi connectivity index (χ0n) is 8.44. The minimum atomic E-state index is -0.418. The maximum atomic E-state index is 11.2. The molecule has 0 amide bonds. The van der Waals surface area contributed by atoms with Gasteiger partial charge in [-0.1, -0.05) is 42.5 Å². The van der Waals surface area contributed by atoms with Gasteiger partial charge in [0.05, 0.1) is 5.52 Å². The van der Waals surface area contributed by atoms with Gasteiger partial charge in [-0.05, 0) is 11.6 Å². The van der Waals surface area contributed by atoms with Crippen molar-refractivity contribution < 1.29 is 4.42 Å². The van der Waals surface area contributed by atoms with Crippen molar-refractivity contribution in [2.75, 3.05) is 0 Å². The molecule has 0 radical (unpaired) electrons. The van der Waals surface area contributed by atoms with Crippen LogP contribution < -0.4 is 5.76 Å². The molecule has 78 valence electrons. The first-order valence-electron chi connectivity index (χ1n) is 5.02. The second kappa shape index (κ2) is 3.38. The van der Waals surface area contributed by atoms with Crippen molar-refractivity contribution in [2.24, 2.45) is 0 Å². The number of fused-ring (bicyclic) bond motifs is 1. The van der Waals surface area contributed by atoms with Gasteiger partial charge in [-0.3, -0.25) is 4.98 Å². The van der Waals surface area contributed by atoms with Crippen molar-refractivity contribution in [3.63, 3.8) is 0 Å². The third-order valence-corrected chi connectivity index (χ3v) is 2.53. The summed E-state index contributed by atoms with van der Waals surface area (Å²) in [5.41, 5.74) is 3.30. The summed E-state index contributed by atoms with van der Waals surface area (Å²) in [6.45, 7) is 0. The zero-order chi connectivity index (χ0) is 11.0. The van der Waals surface area contributed by atoms with E-state index in [1.54, 1.807) is 0 Å². The lowest BCUT2D eigenvalue weighted by atomic mass is 10.1. The van der Waals surface area contributed by atoms with E-state index in [2.05, 4.69) is 4.98 Å². The van der Waals surface area contributed by atoms with Crippen molar-refractivity contribution in [1.82, 2.24) is 4.98 Å². The molecule has 1 heterocycles. The van der Waals surface area contributed by atoms with Gasteiger partial charge in [0.1, 0.15) is 0 Å². The SMILES string of the molecule is O=c1[nH]c2cccc(-c3ccccc3)c2o1. The molecule has 0 saturated heterocycles. The molecule has 3 rings (SSSR count). The highest BCUT2D eigenvalue weighted by molar-refractivity contribution is 5.89. The molecule has 0 unspecified atom stereocenters. The number of para-hydroxylation sites is 1. The van der Waals surface area contributed by atoms with Crippen LogP contribution in [0, 0.1) is 0 Å². The highest BCUT2D eigenvalue weighted by Crippen LogP contribution is 2.26. The molecule has 0 aliphatic carbocycles. The van der Waals surface area contributed by atoms with Crippen molar-refractivity contribution in [3.05, 3.63) is 59.1 Å². The lowest BCUT2D eigenvalue weighted by Crippen LogP contribution is -1.92. The summed E-state index contributed by atoms with van der Waals surface area (Å²) in [4.78, 5) is 13.8. The van der Waals surface area contributed by atoms with E-state index in [4.69, 9.17) is 4.42 Å². The van der Waals surface area contributed by atoms with Crippen molar-refractivity contribution in [3.8, 4) is 11.1 Å². The van der Waals surface area contributed by atoms with Crippen LogP contribution in [-0.4, -0.2) is 4.98 Å². The Hall–Kier alpha value is -2.29. The first-order valence-corrected chi connectivity index (χ1v) is 5.02. The Morgan fingerprint density at radius 3 is 2.56 bits per heavy atom. The van der Waals surface area contributed by atoms with Gasteiger partial charge in [0.15, 0.2) is 5.58 Å². The minimum absolute atomic E-state index is 0.418. The second-order valence-corrected chi connectivity index (χ2v) is 3.56. The minimum Gasteiger partial charge on any atom is -0.407 e. The molecule has 1 N–H and O–H groups in total. The fourth-order valence-electron chi connectivity index (χ4n) is 1.82. The summed E-state index contributed by atoms with van der Waals surface area (Å²) in [5, 5.41) is 0. The van der Waals surface area contributed by atoms with Crippen LogP contribution in [0.3, 0.4) is 0 Å². The van der Waals surface area contributed by atoms with Crippen LogP contribution in [0.2, 0.25) is 0 Å². The molecular weight excluding hydrogens is 202 g/mol. The number of nitrogens with one attached hydrogen (secondary N) is 1. The highest BCUT2D eigenvalue weighted by Gasteiger charge is 2.07. The standard InChI is InChI=1S/C13H9NO2/c15-13-14-11-8-4-7-10(12(11)16-13)9-5-2-1-3-6-9/h1-8H,(H,14,15). The Labute approximate surface area is 91.3 Å². The fraction of sp³-hybridized carbons (Fsp3) is 0. The third-order valence-electron chi connectivity index (χ3n) is 2.53. The number of aromatic amines is 1. The van der Waals surface area contributed by atoms with Crippen LogP contribution in [0.4, 0.5) is 0 Å². The number of hydrogen-bond donors (Lipinski definition) is 1. The zero-order valence-corrected chi connectivity index (χ0v) is 8.44. The summed E-state index contributed by atoms with van der Waals surface area (Å²) < 4.78 is 5.14. The smallest absolute Gasteiger partial charge is 0.407 e. The van der Waals surface area contributed by atoms with Crippen LogP contribution in [0.1, 0.15) is 0 Å². The summed E-state index contributed by atoms with van der Waals surface area (Å²) >= 11 is 0. The molecular formula is C13H9NO2. The lowest BCUT2D eigenvalue weighted by Gasteiger charge is -2.00. The van der Waals surface area contributed by atoms with Gasteiger partial charge < -0.3 is 4.42 Å². The average Bonchev–Trinajstić information content (AvgIpc) is 2.70. The normalized spacial score (nSPS) is 10.8. The average molecular weight is 211 g/mol. The first kappa shape index (κ1) is 8.97. The maximum absolute atomic E-state index is 11.2. The summed E-state index contributed by atoms with van der Waals surface area (Å²) in [6.07, 6.45) is 0. The first-order chi connectivity index (χ1) is 7.84. The number of aromatic nitrogens is 1. The molecule has 0 fully saturated rings. The molecule has 3 heteroatoms. The lowest BCUT2D eigenvalue weighted by molar-refractivity contribution is 0.556. The van der Waals surface area contributed by atoms with E-state index in [0.29, 0.717) is 5.58 Å². The van der Waals surface area contributed by atoms with Gasteiger partial charge in [0.25, 0.3) is 0 Å². The van der Waals surface area contributed by atoms with E-state index >= 15 is 0 Å². The Morgan fingerprint density at radius 1 is 0.938 bits per heavy atom. The Bertz CT molecular complexity index is 680. The Kier molecular flexibility index (Phi) is 1.90. The quantitative estimate of drug-likeness (QED) is 0.672. The van der Waals surface area contributed by atoms with Crippen LogP contribution in [0.5, 0.6) is 0 Å². The van der Waals surface area contributed by atoms with Crippen LogP contribution in [0.15, 0.2) is 57.7 Å². The van der Waals surface area contributed by atoms with Crippen molar-refractivity contribution in [1.29, 1.82) is 0 Å². The molecule has 0 bridgehead atoms. The van der Waals surface area contributed by atoms with E-state index in [1.165, 1.54) is 0 Å². The van der Waals surface area contributed by atoms with E-state index in [1.807, 2.05) is 48.5 Å². The number of oxazole rings is 1. The summed E-state index contributed by atoms with van der Waals surface area (Å²) in [5.74, 6) is -0.418. The molecule has 0 aliphatic heterocycles. The highest BCUT2D eigenvalue weighted by atomic mass is 16.4. The maximum Gasteiger partial charge on any atom is 0.417 e. The predicted octanol–water partition coefficient (Wildman–Crippen LogP) is 2.79. The van der Waals surface area contributed by atoms with E-state index in [0.717, 1.165) is 16.6 Å². The van der Waals surface area contributed by atoms with E-state index in [-0.39, 0.29) is 0 Å². The molecule has 0 atom stereocenters. The third kappa shape index (κ3) is 1.34. The largest absolute Gasteiger partial charge is 0.417 e. The van der Waals surface area contributed by atoms with Gasteiger partial charge in [-0.25, -0.2) is 4.79 Å². The van der Waals surface area contributed by atoms with Gasteiger partial charge in [-0.15, -0.1) is 0 Å². The van der Waals surface area contributed by atoms with Crippen molar-refractivity contribution >= 4 is 11.1 Å². The molecule has 3 nitrogen and oxygen atoms in total. The number of H-pyrrole nitrogens is 1. The summed E-state index contributed by atoms with van der Waals surface area (Å²) in [6, 6.07) is 15.5. The Balaban J connectivity index is 2.36. The molecule has 3 aromatic rings. The van der Waals surface area contributed by atoms with Crippen LogP contribution in [-0.2, 0) is 0 Å².